The molecule has 13 heteroatoms. The third kappa shape index (κ3) is 8.76. The minimum atomic E-state index is -4.15. The van der Waals surface area contributed by atoms with E-state index in [9.17, 15) is 28.1 Å². The number of non-ortho nitro benzene ring substituents is 1. The molecule has 0 unspecified atom stereocenters. The third-order valence-corrected chi connectivity index (χ3v) is 7.94. The molecule has 0 radical (unpaired) electrons. The van der Waals surface area contributed by atoms with Gasteiger partial charge < -0.3 is 15.0 Å². The molecular weight excluding hydrogens is 628 g/mol. The minimum Gasteiger partial charge on any atom is -0.495 e. The second-order valence-electron chi connectivity index (χ2n) is 9.90. The molecule has 224 valence electrons. The van der Waals surface area contributed by atoms with E-state index in [1.165, 1.54) is 24.1 Å². The van der Waals surface area contributed by atoms with Crippen molar-refractivity contribution >= 4 is 49.1 Å². The van der Waals surface area contributed by atoms with Gasteiger partial charge in [-0.05, 0) is 43.2 Å². The molecule has 0 aliphatic rings. The molecule has 3 aromatic carbocycles. The Hall–Kier alpha value is -3.97. The SMILES string of the molecule is COc1ccc([N+](=O)[O-])cc1N(CC(=O)N(Cc1ccc(Br)cc1)[C@H](Cc1ccccc1)C(=O)NC(C)C)S(C)(=O)=O. The Balaban J connectivity index is 2.12. The van der Waals surface area contributed by atoms with Crippen LogP contribution in [0.4, 0.5) is 11.4 Å². The lowest BCUT2D eigenvalue weighted by Gasteiger charge is -2.34. The van der Waals surface area contributed by atoms with Crippen LogP contribution in [0, 0.1) is 10.1 Å². The van der Waals surface area contributed by atoms with Crippen molar-refractivity contribution in [2.75, 3.05) is 24.2 Å². The molecule has 42 heavy (non-hydrogen) atoms. The topological polar surface area (TPSA) is 139 Å². The molecule has 3 rings (SSSR count). The van der Waals surface area contributed by atoms with Crippen molar-refractivity contribution < 1.29 is 27.7 Å². The van der Waals surface area contributed by atoms with Crippen LogP contribution in [0.2, 0.25) is 0 Å². The minimum absolute atomic E-state index is 0.00119. The van der Waals surface area contributed by atoms with Gasteiger partial charge in [0.15, 0.2) is 0 Å². The molecule has 0 fully saturated rings. The molecule has 0 saturated carbocycles. The Labute approximate surface area is 253 Å². The van der Waals surface area contributed by atoms with Gasteiger partial charge in [-0.1, -0.05) is 58.4 Å². The first-order valence-electron chi connectivity index (χ1n) is 13.0. The van der Waals surface area contributed by atoms with Crippen LogP contribution in [0.15, 0.2) is 77.3 Å². The number of methoxy groups -OCH3 is 1. The van der Waals surface area contributed by atoms with E-state index in [-0.39, 0.29) is 36.1 Å². The molecule has 1 N–H and O–H groups in total. The Kier molecular flexibility index (Phi) is 11.1. The highest BCUT2D eigenvalue weighted by Crippen LogP contribution is 2.34. The Morgan fingerprint density at radius 3 is 2.21 bits per heavy atom. The van der Waals surface area contributed by atoms with E-state index >= 15 is 0 Å². The van der Waals surface area contributed by atoms with E-state index in [0.29, 0.717) is 5.56 Å². The number of hydrogen-bond donors (Lipinski definition) is 1. The van der Waals surface area contributed by atoms with Crippen LogP contribution in [-0.4, -0.2) is 62.0 Å². The van der Waals surface area contributed by atoms with Gasteiger partial charge >= 0.3 is 0 Å². The molecule has 2 amide bonds. The number of nitrogens with one attached hydrogen (secondary N) is 1. The number of nitro groups is 1. The summed E-state index contributed by atoms with van der Waals surface area (Å²) in [6.07, 6.45) is 1.06. The molecule has 0 aliphatic carbocycles. The summed E-state index contributed by atoms with van der Waals surface area (Å²) in [5, 5.41) is 14.4. The lowest BCUT2D eigenvalue weighted by molar-refractivity contribution is -0.384. The van der Waals surface area contributed by atoms with Crippen molar-refractivity contribution in [1.82, 2.24) is 10.2 Å². The summed E-state index contributed by atoms with van der Waals surface area (Å²) in [6, 6.07) is 18.6. The monoisotopic (exact) mass is 660 g/mol. The van der Waals surface area contributed by atoms with E-state index in [2.05, 4.69) is 21.2 Å². The van der Waals surface area contributed by atoms with Crippen molar-refractivity contribution in [2.24, 2.45) is 0 Å². The van der Waals surface area contributed by atoms with Crippen LogP contribution in [-0.2, 0) is 32.6 Å². The summed E-state index contributed by atoms with van der Waals surface area (Å²) in [5.74, 6) is -1.06. The Morgan fingerprint density at radius 2 is 1.67 bits per heavy atom. The second kappa shape index (κ2) is 14.3. The summed E-state index contributed by atoms with van der Waals surface area (Å²) >= 11 is 3.40. The number of sulfonamides is 1. The number of anilines is 1. The highest BCUT2D eigenvalue weighted by atomic mass is 79.9. The lowest BCUT2D eigenvalue weighted by Crippen LogP contribution is -2.54. The van der Waals surface area contributed by atoms with Crippen LogP contribution in [0.5, 0.6) is 5.75 Å². The first-order chi connectivity index (χ1) is 19.8. The maximum atomic E-state index is 14.1. The van der Waals surface area contributed by atoms with Gasteiger partial charge in [0.1, 0.15) is 24.0 Å². The molecule has 0 aromatic heterocycles. The van der Waals surface area contributed by atoms with Gasteiger partial charge in [0, 0.05) is 35.6 Å². The first-order valence-corrected chi connectivity index (χ1v) is 15.6. The highest BCUT2D eigenvalue weighted by molar-refractivity contribution is 9.10. The number of halogens is 1. The maximum absolute atomic E-state index is 14.1. The van der Waals surface area contributed by atoms with Crippen molar-refractivity contribution in [1.29, 1.82) is 0 Å². The van der Waals surface area contributed by atoms with Gasteiger partial charge in [-0.25, -0.2) is 8.42 Å². The van der Waals surface area contributed by atoms with E-state index in [0.717, 1.165) is 26.7 Å². The fourth-order valence-corrected chi connectivity index (χ4v) is 5.41. The fraction of sp³-hybridized carbons (Fsp3) is 0.310. The third-order valence-electron chi connectivity index (χ3n) is 6.29. The average molecular weight is 662 g/mol. The molecule has 0 aliphatic heterocycles. The van der Waals surface area contributed by atoms with Crippen molar-refractivity contribution in [3.8, 4) is 5.75 Å². The molecule has 0 heterocycles. The number of hydrogen-bond acceptors (Lipinski definition) is 7. The van der Waals surface area contributed by atoms with E-state index < -0.39 is 39.3 Å². The quantitative estimate of drug-likeness (QED) is 0.213. The molecular formula is C29H33BrN4O7S. The molecule has 11 nitrogen and oxygen atoms in total. The number of amides is 2. The number of carbonyl (C=O) groups is 2. The van der Waals surface area contributed by atoms with Crippen LogP contribution in [0.1, 0.15) is 25.0 Å². The van der Waals surface area contributed by atoms with Crippen molar-refractivity contribution in [3.05, 3.63) is 98.5 Å². The predicted octanol–water partition coefficient (Wildman–Crippen LogP) is 4.30. The molecule has 1 atom stereocenters. The summed E-state index contributed by atoms with van der Waals surface area (Å²) in [4.78, 5) is 39.9. The smallest absolute Gasteiger partial charge is 0.271 e. The lowest BCUT2D eigenvalue weighted by atomic mass is 10.0. The second-order valence-corrected chi connectivity index (χ2v) is 12.7. The van der Waals surface area contributed by atoms with E-state index in [1.807, 2.05) is 30.3 Å². The summed E-state index contributed by atoms with van der Waals surface area (Å²) < 4.78 is 32.9. The van der Waals surface area contributed by atoms with Gasteiger partial charge in [-0.2, -0.15) is 0 Å². The number of nitrogens with zero attached hydrogens (tertiary/aromatic N) is 3. The number of benzene rings is 3. The highest BCUT2D eigenvalue weighted by Gasteiger charge is 2.34. The average Bonchev–Trinajstić information content (AvgIpc) is 2.93. The zero-order valence-electron chi connectivity index (χ0n) is 23.7. The molecule has 0 saturated heterocycles. The van der Waals surface area contributed by atoms with Gasteiger partial charge in [-0.15, -0.1) is 0 Å². The number of ether oxygens (including phenoxy) is 1. The molecule has 3 aromatic rings. The first kappa shape index (κ1) is 32.5. The van der Waals surface area contributed by atoms with Crippen LogP contribution in [0.25, 0.3) is 0 Å². The number of carbonyl (C=O) groups excluding carboxylic acids is 2. The van der Waals surface area contributed by atoms with Crippen LogP contribution >= 0.6 is 15.9 Å². The largest absolute Gasteiger partial charge is 0.495 e. The fourth-order valence-electron chi connectivity index (χ4n) is 4.30. The molecule has 0 bridgehead atoms. The standard InChI is InChI=1S/C29H33BrN4O7S/c1-20(2)31-29(36)26(16-21-8-6-5-7-9-21)32(18-22-10-12-23(30)13-11-22)28(35)19-33(42(4,39)40)25-17-24(34(37)38)14-15-27(25)41-3/h5-15,17,20,26H,16,18-19H2,1-4H3,(H,31,36)/t26-/m1/s1. The van der Waals surface area contributed by atoms with Gasteiger partial charge in [0.25, 0.3) is 5.69 Å². The van der Waals surface area contributed by atoms with Crippen molar-refractivity contribution in [2.45, 2.75) is 38.9 Å². The van der Waals surface area contributed by atoms with Gasteiger partial charge in [0.2, 0.25) is 21.8 Å². The normalized spacial score (nSPS) is 12.0. The summed E-state index contributed by atoms with van der Waals surface area (Å²) in [5.41, 5.74) is 0.963. The van der Waals surface area contributed by atoms with Crippen molar-refractivity contribution in [3.63, 3.8) is 0 Å². The Bertz CT molecular complexity index is 1520. The van der Waals surface area contributed by atoms with Gasteiger partial charge in [0.05, 0.1) is 18.3 Å². The summed E-state index contributed by atoms with van der Waals surface area (Å²) in [6.45, 7) is 2.88. The zero-order valence-corrected chi connectivity index (χ0v) is 26.1. The number of nitro benzene ring substituents is 1. The predicted molar refractivity (Wildman–Crippen MR) is 164 cm³/mol. The van der Waals surface area contributed by atoms with Crippen LogP contribution < -0.4 is 14.4 Å². The van der Waals surface area contributed by atoms with E-state index in [4.69, 9.17) is 4.74 Å². The van der Waals surface area contributed by atoms with E-state index in [1.54, 1.807) is 38.1 Å². The Morgan fingerprint density at radius 1 is 1.02 bits per heavy atom. The zero-order chi connectivity index (χ0) is 31.0. The van der Waals surface area contributed by atoms with Crippen LogP contribution in [0.3, 0.4) is 0 Å². The maximum Gasteiger partial charge on any atom is 0.271 e. The summed E-state index contributed by atoms with van der Waals surface area (Å²) in [7, 11) is -2.86. The number of rotatable bonds is 13. The molecule has 0 spiro atoms. The van der Waals surface area contributed by atoms with Gasteiger partial charge in [-0.3, -0.25) is 24.0 Å².